The van der Waals surface area contributed by atoms with Gasteiger partial charge in [0.25, 0.3) is 0 Å². The monoisotopic (exact) mass is 552 g/mol. The summed E-state index contributed by atoms with van der Waals surface area (Å²) in [5, 5.41) is 9.12. The maximum atomic E-state index is 11.1. The van der Waals surface area contributed by atoms with Gasteiger partial charge < -0.3 is 5.11 Å². The number of carboxylic acids is 1. The Kier molecular flexibility index (Phi) is 7.22. The molecule has 0 fully saturated rings. The van der Waals surface area contributed by atoms with Crippen LogP contribution in [0.1, 0.15) is 59.8 Å². The Bertz CT molecular complexity index is 942. The zero-order chi connectivity index (χ0) is 19.4. The summed E-state index contributed by atoms with van der Waals surface area (Å²) in [6, 6.07) is 22.5. The molecule has 1 unspecified atom stereocenters. The summed E-state index contributed by atoms with van der Waals surface area (Å²) < 4.78 is 0. The number of rotatable bonds is 6. The average molecular weight is 552 g/mol. The van der Waals surface area contributed by atoms with E-state index < -0.39 is 5.97 Å². The van der Waals surface area contributed by atoms with Gasteiger partial charge in [-0.15, -0.1) is 0 Å². The molecule has 2 heterocycles. The molecule has 0 aliphatic carbocycles. The Morgan fingerprint density at radius 1 is 1.07 bits per heavy atom. The normalized spacial score (nSPS) is 12.1. The molecule has 1 radical (unpaired) electrons. The topological polar surface area (TPSA) is 63.1 Å². The van der Waals surface area contributed by atoms with E-state index >= 15 is 0 Å². The second kappa shape index (κ2) is 9.22. The van der Waals surface area contributed by atoms with Gasteiger partial charge in [0.2, 0.25) is 0 Å². The molecule has 1 N–H and O–H groups in total. The third-order valence-electron chi connectivity index (χ3n) is 4.84. The molecule has 0 aliphatic heterocycles. The molecule has 28 heavy (non-hydrogen) atoms. The Hall–Kier alpha value is -2.36. The molecule has 0 aliphatic rings. The van der Waals surface area contributed by atoms with Crippen LogP contribution >= 0.6 is 0 Å². The van der Waals surface area contributed by atoms with E-state index in [4.69, 9.17) is 10.1 Å². The Balaban J connectivity index is 0.00000280. The second-order valence-electron chi connectivity index (χ2n) is 7.27. The number of nitrogens with zero attached hydrogens (tertiary/aromatic N) is 2. The van der Waals surface area contributed by atoms with Crippen LogP contribution in [0.25, 0.3) is 0 Å². The first-order valence-corrected chi connectivity index (χ1v) is 9.02. The minimum atomic E-state index is -1.01. The Labute approximate surface area is 179 Å². The minimum Gasteiger partial charge on any atom is -0.477 e. The summed E-state index contributed by atoms with van der Waals surface area (Å²) in [5.74, 6) is -0.887. The summed E-state index contributed by atoms with van der Waals surface area (Å²) in [4.78, 5) is 20.3. The summed E-state index contributed by atoms with van der Waals surface area (Å²) in [5.41, 5.74) is 3.63. The molecule has 3 rings (SSSR count). The van der Waals surface area contributed by atoms with Crippen LogP contribution in [0.4, 0.5) is 0 Å². The molecular weight excluding hydrogens is 528 g/mol. The smallest absolute Gasteiger partial charge is 0.354 e. The van der Waals surface area contributed by atoms with E-state index in [1.165, 1.54) is 6.07 Å². The predicted molar refractivity (Wildman–Crippen MR) is 105 cm³/mol. The third kappa shape index (κ3) is 4.92. The van der Waals surface area contributed by atoms with Gasteiger partial charge in [0.15, 0.2) is 0 Å². The van der Waals surface area contributed by atoms with Crippen LogP contribution < -0.4 is 0 Å². The van der Waals surface area contributed by atoms with Crippen LogP contribution in [0.3, 0.4) is 0 Å². The number of carbonyl (C=O) groups is 1. The summed E-state index contributed by atoms with van der Waals surface area (Å²) >= 11 is 0. The third-order valence-corrected chi connectivity index (χ3v) is 4.84. The fraction of sp³-hybridized carbons (Fsp3) is 0.261. The fourth-order valence-corrected chi connectivity index (χ4v) is 3.12. The molecule has 0 saturated carbocycles. The van der Waals surface area contributed by atoms with E-state index in [1.54, 1.807) is 6.07 Å². The molecule has 0 spiro atoms. The zero-order valence-electron chi connectivity index (χ0n) is 16.1. The van der Waals surface area contributed by atoms with E-state index in [0.29, 0.717) is 6.42 Å². The molecule has 0 saturated heterocycles. The van der Waals surface area contributed by atoms with Crippen molar-refractivity contribution in [3.05, 3.63) is 95.1 Å². The SMILES string of the molecule is CC(Cc1cccc(C(=O)O)n1)c1cccc(C(C)(C)c2[c-]cccc2)n1.[Ir]. The van der Waals surface area contributed by atoms with E-state index in [2.05, 4.69) is 37.9 Å². The standard InChI is InChI=1S/C23H23N2O2.Ir/c1-16(15-18-11-7-13-20(24-18)22(26)27)19-12-8-14-21(25-19)23(2,3)17-9-5-4-6-10-17;/h4-9,11-14,16H,15H2,1-3H3,(H,26,27);/q-1;. The van der Waals surface area contributed by atoms with E-state index in [-0.39, 0.29) is 37.1 Å². The van der Waals surface area contributed by atoms with Crippen molar-refractivity contribution in [3.63, 3.8) is 0 Å². The first kappa shape index (κ1) is 21.9. The quantitative estimate of drug-likeness (QED) is 0.454. The predicted octanol–water partition coefficient (Wildman–Crippen LogP) is 4.64. The number of benzene rings is 1. The van der Waals surface area contributed by atoms with Crippen molar-refractivity contribution in [2.45, 2.75) is 38.5 Å². The minimum absolute atomic E-state index is 0. The van der Waals surface area contributed by atoms with Crippen molar-refractivity contribution in [3.8, 4) is 0 Å². The van der Waals surface area contributed by atoms with Crippen molar-refractivity contribution in [1.82, 2.24) is 9.97 Å². The molecule has 5 heteroatoms. The van der Waals surface area contributed by atoms with Gasteiger partial charge in [-0.2, -0.15) is 35.9 Å². The fourth-order valence-electron chi connectivity index (χ4n) is 3.12. The van der Waals surface area contributed by atoms with E-state index in [1.807, 2.05) is 42.5 Å². The molecule has 0 bridgehead atoms. The van der Waals surface area contributed by atoms with Gasteiger partial charge in [0.05, 0.1) is 0 Å². The molecule has 2 aromatic heterocycles. The van der Waals surface area contributed by atoms with Gasteiger partial charge in [0.1, 0.15) is 5.69 Å². The van der Waals surface area contributed by atoms with Crippen molar-refractivity contribution in [2.75, 3.05) is 0 Å². The summed E-state index contributed by atoms with van der Waals surface area (Å²) in [6.07, 6.45) is 0.634. The molecule has 1 aromatic carbocycles. The number of aromatic carboxylic acids is 1. The van der Waals surface area contributed by atoms with Gasteiger partial charge >= 0.3 is 5.97 Å². The summed E-state index contributed by atoms with van der Waals surface area (Å²) in [7, 11) is 0. The second-order valence-corrected chi connectivity index (χ2v) is 7.27. The maximum Gasteiger partial charge on any atom is 0.354 e. The molecule has 3 aromatic rings. The Morgan fingerprint density at radius 3 is 2.50 bits per heavy atom. The molecule has 4 nitrogen and oxygen atoms in total. The van der Waals surface area contributed by atoms with Crippen molar-refractivity contribution >= 4 is 5.97 Å². The number of pyridine rings is 2. The van der Waals surface area contributed by atoms with Gasteiger partial charge in [-0.25, -0.2) is 9.78 Å². The van der Waals surface area contributed by atoms with Crippen LogP contribution in [0, 0.1) is 6.07 Å². The van der Waals surface area contributed by atoms with Crippen molar-refractivity contribution in [2.24, 2.45) is 0 Å². The molecule has 0 amide bonds. The van der Waals surface area contributed by atoms with Crippen LogP contribution in [0.2, 0.25) is 0 Å². The number of aromatic nitrogens is 2. The van der Waals surface area contributed by atoms with E-state index in [9.17, 15) is 4.79 Å². The number of hydrogen-bond donors (Lipinski definition) is 1. The van der Waals surface area contributed by atoms with Crippen molar-refractivity contribution < 1.29 is 30.0 Å². The Morgan fingerprint density at radius 2 is 1.82 bits per heavy atom. The van der Waals surface area contributed by atoms with Crippen LogP contribution in [0.5, 0.6) is 0 Å². The van der Waals surface area contributed by atoms with Crippen LogP contribution in [-0.4, -0.2) is 21.0 Å². The number of hydrogen-bond acceptors (Lipinski definition) is 3. The first-order chi connectivity index (χ1) is 12.9. The summed E-state index contributed by atoms with van der Waals surface area (Å²) in [6.45, 7) is 6.38. The van der Waals surface area contributed by atoms with Gasteiger partial charge in [0, 0.05) is 48.5 Å². The van der Waals surface area contributed by atoms with Gasteiger partial charge in [-0.05, 0) is 30.7 Å². The average Bonchev–Trinajstić information content (AvgIpc) is 2.69. The van der Waals surface area contributed by atoms with Crippen LogP contribution in [-0.2, 0) is 31.9 Å². The molecule has 147 valence electrons. The van der Waals surface area contributed by atoms with Crippen molar-refractivity contribution in [1.29, 1.82) is 0 Å². The first-order valence-electron chi connectivity index (χ1n) is 9.02. The maximum absolute atomic E-state index is 11.1. The molecule has 1 atom stereocenters. The largest absolute Gasteiger partial charge is 0.477 e. The van der Waals surface area contributed by atoms with Gasteiger partial charge in [-0.3, -0.25) is 4.98 Å². The van der Waals surface area contributed by atoms with Gasteiger partial charge in [-0.1, -0.05) is 32.9 Å². The zero-order valence-corrected chi connectivity index (χ0v) is 18.5. The van der Waals surface area contributed by atoms with E-state index in [0.717, 1.165) is 22.6 Å². The van der Waals surface area contributed by atoms with Crippen LogP contribution in [0.15, 0.2) is 60.7 Å². The number of carboxylic acid groups (broad SMARTS) is 1. The molecular formula is C23H23IrN2O2-.